The van der Waals surface area contributed by atoms with E-state index >= 15 is 0 Å². The highest BCUT2D eigenvalue weighted by molar-refractivity contribution is 6.00. The number of nitrogens with two attached hydrogens (primary N) is 1. The van der Waals surface area contributed by atoms with Crippen molar-refractivity contribution < 1.29 is 31.5 Å². The molecule has 3 N–H and O–H groups in total. The molecule has 178 valence electrons. The number of nitrogens with one attached hydrogen (secondary N) is 1. The van der Waals surface area contributed by atoms with Crippen LogP contribution in [0.3, 0.4) is 0 Å². The number of benzene rings is 2. The molecule has 1 aliphatic rings. The van der Waals surface area contributed by atoms with E-state index in [4.69, 9.17) is 5.73 Å². The number of alkyl halides is 4. The lowest BCUT2D eigenvalue weighted by Crippen LogP contribution is -2.41. The summed E-state index contributed by atoms with van der Waals surface area (Å²) >= 11 is 0. The minimum atomic E-state index is -4.72. The summed E-state index contributed by atoms with van der Waals surface area (Å²) in [7, 11) is 0. The van der Waals surface area contributed by atoms with Crippen molar-refractivity contribution in [2.45, 2.75) is 25.9 Å². The van der Waals surface area contributed by atoms with Gasteiger partial charge in [-0.3, -0.25) is 9.48 Å². The number of primary amides is 1. The zero-order valence-electron chi connectivity index (χ0n) is 17.5. The van der Waals surface area contributed by atoms with Crippen LogP contribution in [0, 0.1) is 5.82 Å². The molecule has 2 heterocycles. The molecule has 4 rings (SSSR count). The van der Waals surface area contributed by atoms with Crippen LogP contribution in [0.25, 0.3) is 11.3 Å². The van der Waals surface area contributed by atoms with Gasteiger partial charge in [0.25, 0.3) is 5.91 Å². The maximum absolute atomic E-state index is 13.7. The number of aromatic nitrogens is 2. The van der Waals surface area contributed by atoms with Crippen molar-refractivity contribution in [3.8, 4) is 11.3 Å². The van der Waals surface area contributed by atoms with E-state index in [9.17, 15) is 31.5 Å². The minimum absolute atomic E-state index is 0.0156. The van der Waals surface area contributed by atoms with Gasteiger partial charge in [-0.1, -0.05) is 12.1 Å². The number of hydrogen-bond donors (Lipinski definition) is 2. The fourth-order valence-electron chi connectivity index (χ4n) is 3.80. The number of rotatable bonds is 4. The maximum atomic E-state index is 13.7. The van der Waals surface area contributed by atoms with Crippen molar-refractivity contribution in [3.63, 3.8) is 0 Å². The summed E-state index contributed by atoms with van der Waals surface area (Å²) in [6, 6.07) is 7.18. The first-order valence-corrected chi connectivity index (χ1v) is 10.1. The number of carbonyl (C=O) groups is 2. The average molecular weight is 479 g/mol. The molecule has 0 saturated heterocycles. The van der Waals surface area contributed by atoms with Gasteiger partial charge in [-0.05, 0) is 35.9 Å². The Kier molecular flexibility index (Phi) is 5.98. The molecule has 3 amide bonds. The van der Waals surface area contributed by atoms with Gasteiger partial charge in [0.1, 0.15) is 18.2 Å². The Morgan fingerprint density at radius 3 is 2.53 bits per heavy atom. The first-order valence-electron chi connectivity index (χ1n) is 10.1. The van der Waals surface area contributed by atoms with Crippen molar-refractivity contribution in [2.75, 3.05) is 11.9 Å². The van der Waals surface area contributed by atoms with Crippen molar-refractivity contribution in [1.29, 1.82) is 0 Å². The molecule has 12 heteroatoms. The fourth-order valence-corrected chi connectivity index (χ4v) is 3.80. The molecule has 0 bridgehead atoms. The molecule has 0 saturated carbocycles. The van der Waals surface area contributed by atoms with E-state index in [1.165, 1.54) is 27.8 Å². The molecular weight excluding hydrogens is 461 g/mol. The topological polar surface area (TPSA) is 93.2 Å². The van der Waals surface area contributed by atoms with Gasteiger partial charge < -0.3 is 16.0 Å². The molecule has 0 unspecified atom stereocenters. The number of urea groups is 1. The highest BCUT2D eigenvalue weighted by Gasteiger charge is 2.32. The first kappa shape index (κ1) is 23.2. The van der Waals surface area contributed by atoms with Gasteiger partial charge in [0.2, 0.25) is 0 Å². The second kappa shape index (κ2) is 8.76. The summed E-state index contributed by atoms with van der Waals surface area (Å²) in [5, 5.41) is 6.70. The molecule has 0 spiro atoms. The van der Waals surface area contributed by atoms with Gasteiger partial charge in [0.15, 0.2) is 0 Å². The van der Waals surface area contributed by atoms with Crippen LogP contribution >= 0.6 is 0 Å². The first-order chi connectivity index (χ1) is 16.1. The number of nitrogens with zero attached hydrogens (tertiary/aromatic N) is 3. The molecule has 1 aromatic heterocycles. The van der Waals surface area contributed by atoms with Gasteiger partial charge in [0.05, 0.1) is 29.9 Å². The second-order valence-corrected chi connectivity index (χ2v) is 7.67. The summed E-state index contributed by atoms with van der Waals surface area (Å²) in [6.45, 7) is -0.977. The number of carbonyl (C=O) groups excluding carboxylic acids is 2. The zero-order valence-corrected chi connectivity index (χ0v) is 17.5. The Morgan fingerprint density at radius 2 is 1.88 bits per heavy atom. The van der Waals surface area contributed by atoms with Crippen LogP contribution in [0.4, 0.5) is 32.4 Å². The van der Waals surface area contributed by atoms with E-state index in [2.05, 4.69) is 10.4 Å². The van der Waals surface area contributed by atoms with Crippen LogP contribution < -0.4 is 11.1 Å². The monoisotopic (exact) mass is 479 g/mol. The predicted octanol–water partition coefficient (Wildman–Crippen LogP) is 4.32. The molecule has 3 aromatic rings. The normalized spacial score (nSPS) is 13.5. The summed E-state index contributed by atoms with van der Waals surface area (Å²) < 4.78 is 67.5. The third kappa shape index (κ3) is 4.56. The smallest absolute Gasteiger partial charge is 0.365 e. The molecular formula is C22H18F5N5O2. The highest BCUT2D eigenvalue weighted by atomic mass is 19.4. The van der Waals surface area contributed by atoms with Crippen LogP contribution in [-0.2, 0) is 25.9 Å². The van der Waals surface area contributed by atoms with Crippen molar-refractivity contribution in [2.24, 2.45) is 5.73 Å². The van der Waals surface area contributed by atoms with E-state index in [0.29, 0.717) is 23.4 Å². The van der Waals surface area contributed by atoms with E-state index in [-0.39, 0.29) is 42.1 Å². The molecule has 0 radical (unpaired) electrons. The van der Waals surface area contributed by atoms with E-state index < -0.39 is 36.2 Å². The van der Waals surface area contributed by atoms with E-state index in [1.807, 2.05) is 0 Å². The highest BCUT2D eigenvalue weighted by Crippen LogP contribution is 2.33. The molecule has 7 nitrogen and oxygen atoms in total. The van der Waals surface area contributed by atoms with Gasteiger partial charge >= 0.3 is 12.2 Å². The molecule has 34 heavy (non-hydrogen) atoms. The lowest BCUT2D eigenvalue weighted by atomic mass is 10.0. The fraction of sp³-hybridized carbons (Fsp3) is 0.227. The Bertz CT molecular complexity index is 1270. The largest absolute Gasteiger partial charge is 0.416 e. The quantitative estimate of drug-likeness (QED) is 0.546. The van der Waals surface area contributed by atoms with E-state index in [0.717, 1.165) is 6.07 Å². The van der Waals surface area contributed by atoms with Crippen molar-refractivity contribution in [1.82, 2.24) is 14.7 Å². The SMILES string of the molecule is NC(=O)c1c(-c2cccc(F)c2)nn2c1CN(C(=O)Nc1cc(CF)cc(C(F)(F)F)c1)CC2. The number of anilines is 1. The number of fused-ring (bicyclic) bond motifs is 1. The number of halogens is 5. The Labute approximate surface area is 190 Å². The third-order valence-electron chi connectivity index (χ3n) is 5.34. The van der Waals surface area contributed by atoms with Crippen LogP contribution in [-0.4, -0.2) is 33.2 Å². The Morgan fingerprint density at radius 1 is 1.12 bits per heavy atom. The zero-order chi connectivity index (χ0) is 24.6. The molecule has 0 atom stereocenters. The van der Waals surface area contributed by atoms with Crippen LogP contribution in [0.2, 0.25) is 0 Å². The van der Waals surface area contributed by atoms with Crippen molar-refractivity contribution >= 4 is 17.6 Å². The second-order valence-electron chi connectivity index (χ2n) is 7.67. The maximum Gasteiger partial charge on any atom is 0.416 e. The molecule has 2 aromatic carbocycles. The standard InChI is InChI=1S/C22H18F5N5O2/c23-10-12-6-14(22(25,26)27)9-16(7-12)29-21(34)31-4-5-32-17(11-31)18(20(28)33)19(30-32)13-2-1-3-15(24)8-13/h1-3,6-9H,4-5,10-11H2,(H2,28,33)(H,29,34). The molecule has 0 fully saturated rings. The number of amides is 3. The van der Waals surface area contributed by atoms with Crippen molar-refractivity contribution in [3.05, 3.63) is 70.7 Å². The lowest BCUT2D eigenvalue weighted by Gasteiger charge is -2.28. The average Bonchev–Trinajstić information content (AvgIpc) is 3.17. The van der Waals surface area contributed by atoms with Crippen LogP contribution in [0.1, 0.15) is 27.2 Å². The van der Waals surface area contributed by atoms with Gasteiger partial charge in [-0.15, -0.1) is 0 Å². The predicted molar refractivity (Wildman–Crippen MR) is 112 cm³/mol. The Balaban J connectivity index is 1.61. The lowest BCUT2D eigenvalue weighted by molar-refractivity contribution is -0.137. The summed E-state index contributed by atoms with van der Waals surface area (Å²) in [4.78, 5) is 26.2. The van der Waals surface area contributed by atoms with Crippen LogP contribution in [0.15, 0.2) is 42.5 Å². The summed E-state index contributed by atoms with van der Waals surface area (Å²) in [6.07, 6.45) is -4.72. The summed E-state index contributed by atoms with van der Waals surface area (Å²) in [5.41, 5.74) is 4.81. The summed E-state index contributed by atoms with van der Waals surface area (Å²) in [5.74, 6) is -1.36. The van der Waals surface area contributed by atoms with Crippen LogP contribution in [0.5, 0.6) is 0 Å². The van der Waals surface area contributed by atoms with Gasteiger partial charge in [0, 0.05) is 17.8 Å². The third-order valence-corrected chi connectivity index (χ3v) is 5.34. The van der Waals surface area contributed by atoms with Gasteiger partial charge in [-0.25, -0.2) is 13.6 Å². The molecule has 1 aliphatic heterocycles. The van der Waals surface area contributed by atoms with E-state index in [1.54, 1.807) is 6.07 Å². The minimum Gasteiger partial charge on any atom is -0.365 e. The number of hydrogen-bond acceptors (Lipinski definition) is 3. The molecule has 0 aliphatic carbocycles. The Hall–Kier alpha value is -3.96. The van der Waals surface area contributed by atoms with Gasteiger partial charge in [-0.2, -0.15) is 18.3 Å².